The molecule has 0 fully saturated rings. The number of nitrogens with zero attached hydrogens (tertiary/aromatic N) is 1. The van der Waals surface area contributed by atoms with Gasteiger partial charge in [0.15, 0.2) is 5.76 Å². The summed E-state index contributed by atoms with van der Waals surface area (Å²) in [6, 6.07) is 9.26. The second-order valence-electron chi connectivity index (χ2n) is 6.35. The minimum Gasteiger partial charge on any atom is -0.494 e. The zero-order valence-electron chi connectivity index (χ0n) is 15.5. The van der Waals surface area contributed by atoms with E-state index in [9.17, 15) is 4.79 Å². The lowest BCUT2D eigenvalue weighted by molar-refractivity contribution is 0.0912. The van der Waals surface area contributed by atoms with Crippen LogP contribution in [0.2, 0.25) is 0 Å². The Morgan fingerprint density at radius 2 is 2.12 bits per heavy atom. The van der Waals surface area contributed by atoms with Crippen LogP contribution in [0.4, 0.5) is 0 Å². The molecule has 3 aromatic rings. The molecular formula is C20H24N2O4. The number of carbonyl (C=O) groups excluding carboxylic acids is 1. The van der Waals surface area contributed by atoms with Crippen molar-refractivity contribution in [3.8, 4) is 5.75 Å². The molecule has 1 atom stereocenters. The van der Waals surface area contributed by atoms with Gasteiger partial charge in [-0.15, -0.1) is 0 Å². The highest BCUT2D eigenvalue weighted by Gasteiger charge is 2.22. The first-order valence-electron chi connectivity index (χ1n) is 8.65. The summed E-state index contributed by atoms with van der Waals surface area (Å²) in [4.78, 5) is 14.7. The van der Waals surface area contributed by atoms with Gasteiger partial charge in [0.25, 0.3) is 5.91 Å². The molecule has 0 aliphatic heterocycles. The Morgan fingerprint density at radius 1 is 1.31 bits per heavy atom. The number of rotatable bonds is 7. The van der Waals surface area contributed by atoms with E-state index in [0.29, 0.717) is 24.5 Å². The van der Waals surface area contributed by atoms with E-state index >= 15 is 0 Å². The molecule has 0 aliphatic rings. The van der Waals surface area contributed by atoms with Crippen LogP contribution in [0.5, 0.6) is 5.75 Å². The smallest absolute Gasteiger partial charge is 0.287 e. The van der Waals surface area contributed by atoms with Crippen molar-refractivity contribution in [3.05, 3.63) is 53.7 Å². The van der Waals surface area contributed by atoms with Gasteiger partial charge in [0.2, 0.25) is 0 Å². The van der Waals surface area contributed by atoms with Crippen molar-refractivity contribution in [1.82, 2.24) is 10.2 Å². The fourth-order valence-electron chi connectivity index (χ4n) is 2.96. The second kappa shape index (κ2) is 7.66. The summed E-state index contributed by atoms with van der Waals surface area (Å²) in [7, 11) is 3.89. The fourth-order valence-corrected chi connectivity index (χ4v) is 2.96. The highest BCUT2D eigenvalue weighted by molar-refractivity contribution is 5.99. The van der Waals surface area contributed by atoms with Crippen LogP contribution < -0.4 is 10.1 Å². The highest BCUT2D eigenvalue weighted by Crippen LogP contribution is 2.29. The van der Waals surface area contributed by atoms with E-state index in [1.54, 1.807) is 6.26 Å². The quantitative estimate of drug-likeness (QED) is 0.698. The molecule has 1 amide bonds. The lowest BCUT2D eigenvalue weighted by atomic mass is 10.1. The van der Waals surface area contributed by atoms with Gasteiger partial charge in [0.05, 0.1) is 18.9 Å². The monoisotopic (exact) mass is 356 g/mol. The van der Waals surface area contributed by atoms with Crippen molar-refractivity contribution in [1.29, 1.82) is 0 Å². The Hall–Kier alpha value is -2.73. The molecule has 1 N–H and O–H groups in total. The summed E-state index contributed by atoms with van der Waals surface area (Å²) >= 11 is 0. The van der Waals surface area contributed by atoms with Gasteiger partial charge in [-0.3, -0.25) is 9.69 Å². The van der Waals surface area contributed by atoms with E-state index in [1.807, 2.05) is 63.2 Å². The van der Waals surface area contributed by atoms with Crippen molar-refractivity contribution in [2.75, 3.05) is 27.2 Å². The van der Waals surface area contributed by atoms with E-state index in [2.05, 4.69) is 5.32 Å². The first kappa shape index (κ1) is 18.1. The maximum atomic E-state index is 12.7. The van der Waals surface area contributed by atoms with E-state index < -0.39 is 0 Å². The highest BCUT2D eigenvalue weighted by atomic mass is 16.5. The molecule has 0 saturated heterocycles. The summed E-state index contributed by atoms with van der Waals surface area (Å²) < 4.78 is 16.8. The number of amides is 1. The number of benzene rings is 1. The Morgan fingerprint density at radius 3 is 2.77 bits per heavy atom. The molecule has 6 nitrogen and oxygen atoms in total. The molecule has 6 heteroatoms. The first-order chi connectivity index (χ1) is 12.5. The summed E-state index contributed by atoms with van der Waals surface area (Å²) in [5.41, 5.74) is 1.48. The molecule has 0 radical (unpaired) electrons. The maximum absolute atomic E-state index is 12.7. The van der Waals surface area contributed by atoms with Gasteiger partial charge in [-0.1, -0.05) is 0 Å². The predicted octanol–water partition coefficient (Wildman–Crippen LogP) is 3.77. The Balaban J connectivity index is 1.78. The molecule has 0 spiro atoms. The number of ether oxygens (including phenoxy) is 1. The van der Waals surface area contributed by atoms with Crippen LogP contribution in [-0.2, 0) is 0 Å². The predicted molar refractivity (Wildman–Crippen MR) is 99.6 cm³/mol. The Labute approximate surface area is 152 Å². The minimum absolute atomic E-state index is 0.0526. The fraction of sp³-hybridized carbons (Fsp3) is 0.350. The van der Waals surface area contributed by atoms with Crippen LogP contribution in [0.1, 0.15) is 34.8 Å². The topological polar surface area (TPSA) is 67.8 Å². The molecule has 2 aromatic heterocycles. The van der Waals surface area contributed by atoms with E-state index in [-0.39, 0.29) is 11.9 Å². The first-order valence-corrected chi connectivity index (χ1v) is 8.65. The third kappa shape index (κ3) is 3.60. The number of likely N-dealkylation sites (N-methyl/N-ethyl adjacent to an activating group) is 1. The van der Waals surface area contributed by atoms with Crippen LogP contribution in [0.15, 0.2) is 45.4 Å². The van der Waals surface area contributed by atoms with Gasteiger partial charge in [-0.25, -0.2) is 0 Å². The molecule has 0 aliphatic carbocycles. The molecule has 1 aromatic carbocycles. The number of hydrogen-bond donors (Lipinski definition) is 1. The van der Waals surface area contributed by atoms with E-state index in [0.717, 1.165) is 22.5 Å². The second-order valence-corrected chi connectivity index (χ2v) is 6.35. The largest absolute Gasteiger partial charge is 0.494 e. The number of carbonyl (C=O) groups is 1. The molecule has 0 saturated carbocycles. The standard InChI is InChI=1S/C20H24N2O4/c1-5-24-14-8-9-17-15(11-14)13(2)19(26-17)20(23)21-12-16(22(3)4)18-7-6-10-25-18/h6-11,16H,5,12H2,1-4H3,(H,21,23)/t16-/m0/s1. The van der Waals surface area contributed by atoms with Crippen LogP contribution in [0.3, 0.4) is 0 Å². The number of furan rings is 2. The molecule has 138 valence electrons. The van der Waals surface area contributed by atoms with Gasteiger partial charge >= 0.3 is 0 Å². The van der Waals surface area contributed by atoms with Crippen LogP contribution in [-0.4, -0.2) is 38.1 Å². The molecule has 0 unspecified atom stereocenters. The lowest BCUT2D eigenvalue weighted by Gasteiger charge is -2.22. The number of nitrogens with one attached hydrogen (secondary N) is 1. The van der Waals surface area contributed by atoms with Crippen molar-refractivity contribution < 1.29 is 18.4 Å². The summed E-state index contributed by atoms with van der Waals surface area (Å²) in [5.74, 6) is 1.65. The van der Waals surface area contributed by atoms with Crippen LogP contribution in [0, 0.1) is 6.92 Å². The molecule has 2 heterocycles. The number of aryl methyl sites for hydroxylation is 1. The summed E-state index contributed by atoms with van der Waals surface area (Å²) in [6.45, 7) is 4.83. The van der Waals surface area contributed by atoms with E-state index in [1.165, 1.54) is 0 Å². The Bertz CT molecular complexity index is 881. The maximum Gasteiger partial charge on any atom is 0.287 e. The van der Waals surface area contributed by atoms with E-state index in [4.69, 9.17) is 13.6 Å². The Kier molecular flexibility index (Phi) is 5.32. The zero-order valence-corrected chi connectivity index (χ0v) is 15.5. The van der Waals surface area contributed by atoms with Gasteiger partial charge in [0, 0.05) is 17.5 Å². The SMILES string of the molecule is CCOc1ccc2oc(C(=O)NC[C@@H](c3ccco3)N(C)C)c(C)c2c1. The van der Waals surface area contributed by atoms with Crippen LogP contribution in [0.25, 0.3) is 11.0 Å². The molecular weight excluding hydrogens is 332 g/mol. The summed E-state index contributed by atoms with van der Waals surface area (Å²) in [5, 5.41) is 3.83. The average molecular weight is 356 g/mol. The number of hydrogen-bond acceptors (Lipinski definition) is 5. The zero-order chi connectivity index (χ0) is 18.7. The molecule has 0 bridgehead atoms. The average Bonchev–Trinajstić information content (AvgIpc) is 3.24. The lowest BCUT2D eigenvalue weighted by Crippen LogP contribution is -2.34. The summed E-state index contributed by atoms with van der Waals surface area (Å²) in [6.07, 6.45) is 1.63. The minimum atomic E-state index is -0.241. The van der Waals surface area contributed by atoms with Crippen molar-refractivity contribution >= 4 is 16.9 Å². The van der Waals surface area contributed by atoms with Gasteiger partial charge in [-0.2, -0.15) is 0 Å². The van der Waals surface area contributed by atoms with Gasteiger partial charge < -0.3 is 18.9 Å². The number of fused-ring (bicyclic) bond motifs is 1. The van der Waals surface area contributed by atoms with Crippen LogP contribution >= 0.6 is 0 Å². The van der Waals surface area contributed by atoms with Crippen molar-refractivity contribution in [2.45, 2.75) is 19.9 Å². The molecule has 26 heavy (non-hydrogen) atoms. The molecule has 3 rings (SSSR count). The van der Waals surface area contributed by atoms with Crippen molar-refractivity contribution in [3.63, 3.8) is 0 Å². The van der Waals surface area contributed by atoms with Crippen molar-refractivity contribution in [2.24, 2.45) is 0 Å². The van der Waals surface area contributed by atoms with Gasteiger partial charge in [-0.05, 0) is 58.3 Å². The third-order valence-corrected chi connectivity index (χ3v) is 4.38. The third-order valence-electron chi connectivity index (χ3n) is 4.38. The normalized spacial score (nSPS) is 12.5. The van der Waals surface area contributed by atoms with Gasteiger partial charge in [0.1, 0.15) is 17.1 Å².